The Balaban J connectivity index is 2.40. The minimum Gasteiger partial charge on any atom is -0.334 e. The number of hydrogen-bond acceptors (Lipinski definition) is 1. The molecule has 3 heteroatoms. The molecule has 0 heterocycles. The van der Waals surface area contributed by atoms with E-state index in [2.05, 4.69) is 30.5 Å². The van der Waals surface area contributed by atoms with Gasteiger partial charge in [0.15, 0.2) is 0 Å². The Morgan fingerprint density at radius 2 is 2.11 bits per heavy atom. The summed E-state index contributed by atoms with van der Waals surface area (Å²) in [4.78, 5) is 11.6. The summed E-state index contributed by atoms with van der Waals surface area (Å²) >= 11 is 0. The summed E-state index contributed by atoms with van der Waals surface area (Å²) in [5.41, 5.74) is 3.46. The second-order valence-corrected chi connectivity index (χ2v) is 4.86. The van der Waals surface area contributed by atoms with Crippen molar-refractivity contribution < 1.29 is 4.79 Å². The third-order valence-corrected chi connectivity index (χ3v) is 2.88. The summed E-state index contributed by atoms with van der Waals surface area (Å²) in [6.07, 6.45) is 1.76. The predicted molar refractivity (Wildman–Crippen MR) is 75.1 cm³/mol. The van der Waals surface area contributed by atoms with Crippen molar-refractivity contribution in [3.05, 3.63) is 47.2 Å². The number of benzene rings is 1. The third kappa shape index (κ3) is 5.04. The molecule has 1 aromatic carbocycles. The molecule has 98 valence electrons. The van der Waals surface area contributed by atoms with Crippen LogP contribution in [0.25, 0.3) is 0 Å². The molecule has 0 aromatic heterocycles. The van der Waals surface area contributed by atoms with E-state index in [0.717, 1.165) is 11.1 Å². The van der Waals surface area contributed by atoms with Crippen LogP contribution in [0.15, 0.2) is 36.0 Å². The number of urea groups is 1. The molecule has 1 rings (SSSR count). The average molecular weight is 246 g/mol. The SMILES string of the molecule is C/C(=C\NC(=O)NCc1cccc(C)c1)C(C)C. The zero-order chi connectivity index (χ0) is 13.5. The minimum atomic E-state index is -0.170. The molecular formula is C15H22N2O. The highest BCUT2D eigenvalue weighted by molar-refractivity contribution is 5.74. The fourth-order valence-electron chi connectivity index (χ4n) is 1.40. The van der Waals surface area contributed by atoms with E-state index in [-0.39, 0.29) is 6.03 Å². The Kier molecular flexibility index (Phi) is 5.43. The Labute approximate surface area is 109 Å². The topological polar surface area (TPSA) is 41.1 Å². The monoisotopic (exact) mass is 246 g/mol. The van der Waals surface area contributed by atoms with Crippen molar-refractivity contribution in [2.24, 2.45) is 5.92 Å². The zero-order valence-corrected chi connectivity index (χ0v) is 11.6. The number of amides is 2. The van der Waals surface area contributed by atoms with Gasteiger partial charge < -0.3 is 10.6 Å². The Morgan fingerprint density at radius 3 is 2.72 bits per heavy atom. The van der Waals surface area contributed by atoms with Crippen LogP contribution in [-0.2, 0) is 6.54 Å². The van der Waals surface area contributed by atoms with Gasteiger partial charge in [0, 0.05) is 12.7 Å². The quantitative estimate of drug-likeness (QED) is 0.840. The van der Waals surface area contributed by atoms with E-state index < -0.39 is 0 Å². The predicted octanol–water partition coefficient (Wildman–Crippen LogP) is 3.35. The number of aryl methyl sites for hydroxylation is 1. The maximum atomic E-state index is 11.6. The number of nitrogens with one attached hydrogen (secondary N) is 2. The fraction of sp³-hybridized carbons (Fsp3) is 0.400. The normalized spacial score (nSPS) is 11.5. The standard InChI is InChI=1S/C15H22N2O/c1-11(2)13(4)9-16-15(18)17-10-14-7-5-6-12(3)8-14/h5-9,11H,10H2,1-4H3,(H2,16,17,18)/b13-9+. The number of hydrogen-bond donors (Lipinski definition) is 2. The first-order valence-electron chi connectivity index (χ1n) is 6.25. The average Bonchev–Trinajstić information content (AvgIpc) is 2.33. The smallest absolute Gasteiger partial charge is 0.319 e. The van der Waals surface area contributed by atoms with Crippen LogP contribution in [0.2, 0.25) is 0 Å². The van der Waals surface area contributed by atoms with Crippen molar-refractivity contribution in [2.75, 3.05) is 0 Å². The Bertz CT molecular complexity index is 436. The van der Waals surface area contributed by atoms with E-state index in [1.807, 2.05) is 32.0 Å². The van der Waals surface area contributed by atoms with E-state index in [0.29, 0.717) is 12.5 Å². The first-order chi connectivity index (χ1) is 8.49. The highest BCUT2D eigenvalue weighted by Crippen LogP contribution is 2.06. The van der Waals surface area contributed by atoms with E-state index >= 15 is 0 Å². The van der Waals surface area contributed by atoms with Gasteiger partial charge in [-0.3, -0.25) is 0 Å². The highest BCUT2D eigenvalue weighted by Gasteiger charge is 2.00. The van der Waals surface area contributed by atoms with Gasteiger partial charge in [0.1, 0.15) is 0 Å². The maximum absolute atomic E-state index is 11.6. The van der Waals surface area contributed by atoms with Gasteiger partial charge in [-0.05, 0) is 25.3 Å². The first kappa shape index (κ1) is 14.3. The number of carbonyl (C=O) groups excluding carboxylic acids is 1. The van der Waals surface area contributed by atoms with Crippen molar-refractivity contribution >= 4 is 6.03 Å². The second kappa shape index (κ2) is 6.84. The van der Waals surface area contributed by atoms with Gasteiger partial charge in [0.2, 0.25) is 0 Å². The van der Waals surface area contributed by atoms with Gasteiger partial charge in [-0.25, -0.2) is 4.79 Å². The van der Waals surface area contributed by atoms with Gasteiger partial charge in [0.25, 0.3) is 0 Å². The molecule has 0 atom stereocenters. The Hall–Kier alpha value is -1.77. The molecule has 0 aliphatic heterocycles. The summed E-state index contributed by atoms with van der Waals surface area (Å²) in [5.74, 6) is 0.446. The molecule has 2 amide bonds. The third-order valence-electron chi connectivity index (χ3n) is 2.88. The second-order valence-electron chi connectivity index (χ2n) is 4.86. The number of carbonyl (C=O) groups is 1. The van der Waals surface area contributed by atoms with Crippen molar-refractivity contribution in [3.63, 3.8) is 0 Å². The number of allylic oxidation sites excluding steroid dienone is 1. The number of rotatable bonds is 4. The van der Waals surface area contributed by atoms with Crippen LogP contribution in [0.4, 0.5) is 4.79 Å². The summed E-state index contributed by atoms with van der Waals surface area (Å²) in [7, 11) is 0. The molecule has 0 aliphatic rings. The summed E-state index contributed by atoms with van der Waals surface area (Å²) in [6.45, 7) is 8.78. The minimum absolute atomic E-state index is 0.170. The summed E-state index contributed by atoms with van der Waals surface area (Å²) < 4.78 is 0. The van der Waals surface area contributed by atoms with E-state index in [9.17, 15) is 4.79 Å². The van der Waals surface area contributed by atoms with Crippen LogP contribution >= 0.6 is 0 Å². The lowest BCUT2D eigenvalue weighted by Gasteiger charge is -2.08. The molecular weight excluding hydrogens is 224 g/mol. The lowest BCUT2D eigenvalue weighted by Crippen LogP contribution is -2.32. The van der Waals surface area contributed by atoms with Gasteiger partial charge in [-0.2, -0.15) is 0 Å². The van der Waals surface area contributed by atoms with Crippen molar-refractivity contribution in [3.8, 4) is 0 Å². The van der Waals surface area contributed by atoms with E-state index in [1.54, 1.807) is 6.20 Å². The largest absolute Gasteiger partial charge is 0.334 e. The lowest BCUT2D eigenvalue weighted by molar-refractivity contribution is 0.243. The van der Waals surface area contributed by atoms with Gasteiger partial charge in [-0.1, -0.05) is 49.2 Å². The molecule has 0 saturated carbocycles. The van der Waals surface area contributed by atoms with Crippen LogP contribution in [0.3, 0.4) is 0 Å². The van der Waals surface area contributed by atoms with Gasteiger partial charge in [0.05, 0.1) is 0 Å². The summed E-state index contributed by atoms with van der Waals surface area (Å²) in [5, 5.41) is 5.56. The van der Waals surface area contributed by atoms with E-state index in [4.69, 9.17) is 0 Å². The van der Waals surface area contributed by atoms with Gasteiger partial charge in [-0.15, -0.1) is 0 Å². The lowest BCUT2D eigenvalue weighted by atomic mass is 10.1. The molecule has 0 spiro atoms. The first-order valence-corrected chi connectivity index (χ1v) is 6.25. The maximum Gasteiger partial charge on any atom is 0.319 e. The molecule has 0 aliphatic carbocycles. The van der Waals surface area contributed by atoms with Crippen LogP contribution in [-0.4, -0.2) is 6.03 Å². The van der Waals surface area contributed by atoms with E-state index in [1.165, 1.54) is 5.56 Å². The van der Waals surface area contributed by atoms with Crippen molar-refractivity contribution in [2.45, 2.75) is 34.2 Å². The molecule has 18 heavy (non-hydrogen) atoms. The molecule has 2 N–H and O–H groups in total. The van der Waals surface area contributed by atoms with Crippen molar-refractivity contribution in [1.29, 1.82) is 0 Å². The van der Waals surface area contributed by atoms with Crippen LogP contribution in [0, 0.1) is 12.8 Å². The molecule has 0 saturated heterocycles. The Morgan fingerprint density at radius 1 is 1.39 bits per heavy atom. The molecule has 0 unspecified atom stereocenters. The molecule has 0 fully saturated rings. The highest BCUT2D eigenvalue weighted by atomic mass is 16.2. The van der Waals surface area contributed by atoms with Crippen LogP contribution in [0.5, 0.6) is 0 Å². The van der Waals surface area contributed by atoms with Gasteiger partial charge >= 0.3 is 6.03 Å². The fourth-order valence-corrected chi connectivity index (χ4v) is 1.40. The molecule has 3 nitrogen and oxygen atoms in total. The van der Waals surface area contributed by atoms with Crippen LogP contribution in [0.1, 0.15) is 31.9 Å². The van der Waals surface area contributed by atoms with Crippen molar-refractivity contribution in [1.82, 2.24) is 10.6 Å². The molecule has 0 bridgehead atoms. The molecule has 0 radical (unpaired) electrons. The summed E-state index contributed by atoms with van der Waals surface area (Å²) in [6, 6.07) is 7.93. The van der Waals surface area contributed by atoms with Crippen LogP contribution < -0.4 is 10.6 Å². The zero-order valence-electron chi connectivity index (χ0n) is 11.6. The molecule has 1 aromatic rings.